The van der Waals surface area contributed by atoms with E-state index in [0.29, 0.717) is 0 Å². The second-order valence-electron chi connectivity index (χ2n) is 3.29. The monoisotopic (exact) mass is 464 g/mol. The van der Waals surface area contributed by atoms with Gasteiger partial charge in [0, 0.05) is 19.3 Å². The van der Waals surface area contributed by atoms with Crippen molar-refractivity contribution in [3.8, 4) is 0 Å². The van der Waals surface area contributed by atoms with E-state index in [1.165, 1.54) is 5.56 Å². The Balaban J connectivity index is 0. The number of anilines is 1. The SMILES string of the molecule is CC.Cc1ccc(N2CCOCC2)nc1.I.I. The Morgan fingerprint density at radius 1 is 1.12 bits per heavy atom. The molecule has 0 aromatic carbocycles. The third-order valence-electron chi connectivity index (χ3n) is 2.23. The van der Waals surface area contributed by atoms with E-state index in [-0.39, 0.29) is 48.0 Å². The van der Waals surface area contributed by atoms with Gasteiger partial charge in [0.05, 0.1) is 13.2 Å². The van der Waals surface area contributed by atoms with Crippen molar-refractivity contribution in [2.75, 3.05) is 31.2 Å². The van der Waals surface area contributed by atoms with Gasteiger partial charge in [-0.15, -0.1) is 48.0 Å². The molecule has 0 saturated carbocycles. The number of nitrogens with zero attached hydrogens (tertiary/aromatic N) is 2. The fourth-order valence-corrected chi connectivity index (χ4v) is 1.44. The summed E-state index contributed by atoms with van der Waals surface area (Å²) >= 11 is 0. The van der Waals surface area contributed by atoms with E-state index >= 15 is 0 Å². The number of pyridine rings is 1. The van der Waals surface area contributed by atoms with Gasteiger partial charge in [0.1, 0.15) is 5.82 Å². The molecule has 1 saturated heterocycles. The summed E-state index contributed by atoms with van der Waals surface area (Å²) in [5.41, 5.74) is 1.21. The molecule has 0 aliphatic carbocycles. The third-order valence-corrected chi connectivity index (χ3v) is 2.23. The van der Waals surface area contributed by atoms with Gasteiger partial charge in [-0.3, -0.25) is 0 Å². The van der Waals surface area contributed by atoms with Crippen LogP contribution in [0.3, 0.4) is 0 Å². The first-order chi connectivity index (χ1) is 7.36. The Kier molecular flexibility index (Phi) is 13.3. The lowest BCUT2D eigenvalue weighted by Gasteiger charge is -2.27. The molecule has 0 amide bonds. The summed E-state index contributed by atoms with van der Waals surface area (Å²) in [5, 5.41) is 0. The van der Waals surface area contributed by atoms with Crippen LogP contribution in [0.5, 0.6) is 0 Å². The summed E-state index contributed by atoms with van der Waals surface area (Å²) in [7, 11) is 0. The van der Waals surface area contributed by atoms with Gasteiger partial charge in [-0.1, -0.05) is 19.9 Å². The number of rotatable bonds is 1. The minimum atomic E-state index is 0. The predicted octanol–water partition coefficient (Wildman–Crippen LogP) is 3.49. The fourth-order valence-electron chi connectivity index (χ4n) is 1.44. The molecule has 0 atom stereocenters. The first kappa shape index (κ1) is 19.7. The van der Waals surface area contributed by atoms with Crippen molar-refractivity contribution in [1.29, 1.82) is 0 Å². The van der Waals surface area contributed by atoms with Crippen LogP contribution in [0.4, 0.5) is 5.82 Å². The van der Waals surface area contributed by atoms with Gasteiger partial charge < -0.3 is 9.64 Å². The van der Waals surface area contributed by atoms with E-state index < -0.39 is 0 Å². The molecule has 0 radical (unpaired) electrons. The summed E-state index contributed by atoms with van der Waals surface area (Å²) in [6, 6.07) is 4.17. The second kappa shape index (κ2) is 11.5. The number of halogens is 2. The van der Waals surface area contributed by atoms with E-state index in [1.54, 1.807) is 0 Å². The molecule has 3 nitrogen and oxygen atoms in total. The molecule has 2 heterocycles. The number of aryl methyl sites for hydroxylation is 1. The Bertz CT molecular complexity index is 274. The van der Waals surface area contributed by atoms with E-state index in [2.05, 4.69) is 28.9 Å². The Hall–Kier alpha value is 0.370. The van der Waals surface area contributed by atoms with Crippen LogP contribution in [0.2, 0.25) is 0 Å². The van der Waals surface area contributed by atoms with Crippen molar-refractivity contribution in [2.45, 2.75) is 20.8 Å². The number of ether oxygens (including phenoxy) is 1. The first-order valence-electron chi connectivity index (χ1n) is 5.61. The van der Waals surface area contributed by atoms with Crippen LogP contribution >= 0.6 is 48.0 Å². The zero-order valence-corrected chi connectivity index (χ0v) is 15.3. The van der Waals surface area contributed by atoms with Gasteiger partial charge in [-0.25, -0.2) is 4.98 Å². The van der Waals surface area contributed by atoms with Crippen molar-refractivity contribution in [3.05, 3.63) is 23.9 Å². The zero-order valence-electron chi connectivity index (χ0n) is 10.7. The van der Waals surface area contributed by atoms with Crippen molar-refractivity contribution < 1.29 is 4.74 Å². The number of hydrogen-bond acceptors (Lipinski definition) is 3. The topological polar surface area (TPSA) is 25.4 Å². The number of hydrogen-bond donors (Lipinski definition) is 0. The molecule has 0 unspecified atom stereocenters. The molecule has 1 aromatic rings. The van der Waals surface area contributed by atoms with Crippen LogP contribution in [0.15, 0.2) is 18.3 Å². The Labute approximate surface area is 138 Å². The maximum atomic E-state index is 5.28. The molecule has 1 aliphatic rings. The molecular formula is C12H22I2N2O. The highest BCUT2D eigenvalue weighted by Crippen LogP contribution is 2.12. The van der Waals surface area contributed by atoms with Gasteiger partial charge in [-0.05, 0) is 18.6 Å². The molecule has 0 N–H and O–H groups in total. The van der Waals surface area contributed by atoms with Crippen LogP contribution in [-0.2, 0) is 4.74 Å². The molecule has 1 fully saturated rings. The molecule has 1 aromatic heterocycles. The van der Waals surface area contributed by atoms with E-state index in [9.17, 15) is 0 Å². The maximum absolute atomic E-state index is 5.28. The lowest BCUT2D eigenvalue weighted by atomic mass is 10.3. The molecule has 5 heteroatoms. The lowest BCUT2D eigenvalue weighted by molar-refractivity contribution is 0.122. The highest BCUT2D eigenvalue weighted by molar-refractivity contribution is 14.0. The molecule has 0 bridgehead atoms. The number of aromatic nitrogens is 1. The van der Waals surface area contributed by atoms with Crippen molar-refractivity contribution in [2.24, 2.45) is 0 Å². The van der Waals surface area contributed by atoms with Gasteiger partial charge in [0.2, 0.25) is 0 Å². The summed E-state index contributed by atoms with van der Waals surface area (Å²) in [6.07, 6.45) is 1.91. The van der Waals surface area contributed by atoms with Crippen LogP contribution in [-0.4, -0.2) is 31.3 Å². The maximum Gasteiger partial charge on any atom is 0.128 e. The summed E-state index contributed by atoms with van der Waals surface area (Å²) < 4.78 is 5.28. The fraction of sp³-hybridized carbons (Fsp3) is 0.583. The highest BCUT2D eigenvalue weighted by atomic mass is 127. The van der Waals surface area contributed by atoms with Crippen LogP contribution in [0, 0.1) is 6.92 Å². The second-order valence-corrected chi connectivity index (χ2v) is 3.29. The minimum absolute atomic E-state index is 0. The molecule has 100 valence electrons. The van der Waals surface area contributed by atoms with Crippen molar-refractivity contribution >= 4 is 53.8 Å². The van der Waals surface area contributed by atoms with Gasteiger partial charge in [0.15, 0.2) is 0 Å². The van der Waals surface area contributed by atoms with Crippen LogP contribution in [0.25, 0.3) is 0 Å². The van der Waals surface area contributed by atoms with Crippen LogP contribution < -0.4 is 4.90 Å². The largest absolute Gasteiger partial charge is 0.378 e. The highest BCUT2D eigenvalue weighted by Gasteiger charge is 2.11. The molecule has 2 rings (SSSR count). The normalized spacial score (nSPS) is 13.7. The smallest absolute Gasteiger partial charge is 0.128 e. The Morgan fingerprint density at radius 2 is 1.71 bits per heavy atom. The van der Waals surface area contributed by atoms with E-state index in [4.69, 9.17) is 4.74 Å². The molecule has 0 spiro atoms. The minimum Gasteiger partial charge on any atom is -0.378 e. The van der Waals surface area contributed by atoms with E-state index in [0.717, 1.165) is 32.1 Å². The predicted molar refractivity (Wildman–Crippen MR) is 94.2 cm³/mol. The first-order valence-corrected chi connectivity index (χ1v) is 5.61. The average Bonchev–Trinajstić information content (AvgIpc) is 2.34. The van der Waals surface area contributed by atoms with Crippen molar-refractivity contribution in [3.63, 3.8) is 0 Å². The van der Waals surface area contributed by atoms with Gasteiger partial charge in [-0.2, -0.15) is 0 Å². The van der Waals surface area contributed by atoms with E-state index in [1.807, 2.05) is 20.0 Å². The number of morpholine rings is 1. The standard InChI is InChI=1S/C10H14N2O.C2H6.2HI/c1-9-2-3-10(11-8-9)12-4-6-13-7-5-12;1-2;;/h2-3,8H,4-7H2,1H3;1-2H3;2*1H. The quantitative estimate of drug-likeness (QED) is 0.596. The summed E-state index contributed by atoms with van der Waals surface area (Å²) in [6.45, 7) is 9.59. The summed E-state index contributed by atoms with van der Waals surface area (Å²) in [4.78, 5) is 6.63. The summed E-state index contributed by atoms with van der Waals surface area (Å²) in [5.74, 6) is 1.06. The van der Waals surface area contributed by atoms with Crippen LogP contribution in [0.1, 0.15) is 19.4 Å². The molecular weight excluding hydrogens is 442 g/mol. The van der Waals surface area contributed by atoms with Crippen molar-refractivity contribution in [1.82, 2.24) is 4.98 Å². The van der Waals surface area contributed by atoms with Gasteiger partial charge >= 0.3 is 0 Å². The molecule has 17 heavy (non-hydrogen) atoms. The Morgan fingerprint density at radius 3 is 2.18 bits per heavy atom. The third kappa shape index (κ3) is 6.76. The molecule has 1 aliphatic heterocycles. The average molecular weight is 464 g/mol. The van der Waals surface area contributed by atoms with Gasteiger partial charge in [0.25, 0.3) is 0 Å². The lowest BCUT2D eigenvalue weighted by Crippen LogP contribution is -2.36. The zero-order chi connectivity index (χ0) is 11.1.